The fraction of sp³-hybridized carbons (Fsp3) is 0.857. The summed E-state index contributed by atoms with van der Waals surface area (Å²) in [5.41, 5.74) is 0. The Hall–Kier alpha value is -1.12. The maximum absolute atomic E-state index is 12.0. The number of nitrogens with zero attached hydrogens (tertiary/aromatic N) is 3. The van der Waals surface area contributed by atoms with Gasteiger partial charge in [0.2, 0.25) is 5.91 Å². The molecular formula is C14H24N4O. The third-order valence-electron chi connectivity index (χ3n) is 4.02. The first-order valence-corrected chi connectivity index (χ1v) is 7.34. The smallest absolute Gasteiger partial charge is 0.237 e. The Labute approximate surface area is 115 Å². The maximum Gasteiger partial charge on any atom is 0.237 e. The minimum Gasteiger partial charge on any atom is -0.352 e. The predicted molar refractivity (Wildman–Crippen MR) is 73.5 cm³/mol. The van der Waals surface area contributed by atoms with Crippen LogP contribution in [0.5, 0.6) is 0 Å². The second kappa shape index (κ2) is 6.88. The molecule has 1 amide bonds. The Balaban J connectivity index is 1.66. The second-order valence-corrected chi connectivity index (χ2v) is 5.60. The average molecular weight is 264 g/mol. The lowest BCUT2D eigenvalue weighted by Gasteiger charge is -2.37. The van der Waals surface area contributed by atoms with E-state index in [0.717, 1.165) is 52.0 Å². The Morgan fingerprint density at radius 1 is 1.37 bits per heavy atom. The zero-order chi connectivity index (χ0) is 13.7. The molecular weight excluding hydrogens is 240 g/mol. The van der Waals surface area contributed by atoms with Crippen LogP contribution in [-0.4, -0.2) is 60.5 Å². The zero-order valence-corrected chi connectivity index (χ0v) is 11.8. The van der Waals surface area contributed by atoms with Gasteiger partial charge in [-0.1, -0.05) is 0 Å². The highest BCUT2D eigenvalue weighted by Gasteiger charge is 2.29. The molecule has 5 nitrogen and oxygen atoms in total. The maximum atomic E-state index is 12.0. The highest BCUT2D eigenvalue weighted by molar-refractivity contribution is 5.81. The minimum atomic E-state index is -0.0122. The van der Waals surface area contributed by atoms with Gasteiger partial charge in [0.05, 0.1) is 12.1 Å². The van der Waals surface area contributed by atoms with Crippen LogP contribution in [0.25, 0.3) is 0 Å². The van der Waals surface area contributed by atoms with Gasteiger partial charge in [-0.25, -0.2) is 0 Å². The molecule has 106 valence electrons. The van der Waals surface area contributed by atoms with Gasteiger partial charge in [0.1, 0.15) is 0 Å². The molecule has 0 aromatic rings. The standard InChI is InChI=1S/C14H24N4O/c1-12(14(19)16-13-4-5-13)18-10-8-17(9-11-18)7-3-2-6-15/h12-13H,2-5,7-11H2,1H3,(H,16,19). The monoisotopic (exact) mass is 264 g/mol. The molecule has 1 N–H and O–H groups in total. The SMILES string of the molecule is CC(C(=O)NC1CC1)N1CCN(CCCC#N)CC1. The van der Waals surface area contributed by atoms with Crippen LogP contribution in [0.1, 0.15) is 32.6 Å². The molecule has 5 heteroatoms. The average Bonchev–Trinajstić information content (AvgIpc) is 3.23. The lowest BCUT2D eigenvalue weighted by molar-refractivity contribution is -0.126. The first kappa shape index (κ1) is 14.3. The van der Waals surface area contributed by atoms with Crippen molar-refractivity contribution in [3.63, 3.8) is 0 Å². The largest absolute Gasteiger partial charge is 0.352 e. The number of rotatable bonds is 6. The van der Waals surface area contributed by atoms with E-state index in [9.17, 15) is 4.79 Å². The molecule has 0 aromatic heterocycles. The van der Waals surface area contributed by atoms with Crippen LogP contribution < -0.4 is 5.32 Å². The highest BCUT2D eigenvalue weighted by Crippen LogP contribution is 2.19. The molecule has 0 bridgehead atoms. The summed E-state index contributed by atoms with van der Waals surface area (Å²) in [7, 11) is 0. The Morgan fingerprint density at radius 3 is 2.63 bits per heavy atom. The number of piperazine rings is 1. The van der Waals surface area contributed by atoms with Gasteiger partial charge in [-0.3, -0.25) is 9.69 Å². The number of carbonyl (C=O) groups excluding carboxylic acids is 1. The number of carbonyl (C=O) groups is 1. The Kier molecular flexibility index (Phi) is 5.17. The second-order valence-electron chi connectivity index (χ2n) is 5.60. The Bertz CT molecular complexity index is 340. The van der Waals surface area contributed by atoms with Crippen molar-refractivity contribution in [2.75, 3.05) is 32.7 Å². The van der Waals surface area contributed by atoms with Gasteiger partial charge in [-0.15, -0.1) is 0 Å². The van der Waals surface area contributed by atoms with Crippen LogP contribution in [0.2, 0.25) is 0 Å². The molecule has 1 unspecified atom stereocenters. The van der Waals surface area contributed by atoms with Crippen LogP contribution in [0, 0.1) is 11.3 Å². The van der Waals surface area contributed by atoms with E-state index in [1.165, 1.54) is 0 Å². The molecule has 2 rings (SSSR count). The van der Waals surface area contributed by atoms with Crippen molar-refractivity contribution in [2.45, 2.75) is 44.7 Å². The van der Waals surface area contributed by atoms with Crippen LogP contribution in [0.4, 0.5) is 0 Å². The molecule has 1 aliphatic heterocycles. The van der Waals surface area contributed by atoms with Crippen molar-refractivity contribution >= 4 is 5.91 Å². The first-order valence-electron chi connectivity index (χ1n) is 7.34. The van der Waals surface area contributed by atoms with E-state index in [1.54, 1.807) is 0 Å². The molecule has 1 atom stereocenters. The molecule has 1 saturated carbocycles. The van der Waals surface area contributed by atoms with Crippen molar-refractivity contribution < 1.29 is 4.79 Å². The van der Waals surface area contributed by atoms with E-state index in [0.29, 0.717) is 12.5 Å². The van der Waals surface area contributed by atoms with Gasteiger partial charge in [0.25, 0.3) is 0 Å². The quantitative estimate of drug-likeness (QED) is 0.713. The van der Waals surface area contributed by atoms with E-state index >= 15 is 0 Å². The number of nitriles is 1. The van der Waals surface area contributed by atoms with Gasteiger partial charge in [0.15, 0.2) is 0 Å². The summed E-state index contributed by atoms with van der Waals surface area (Å²) in [4.78, 5) is 16.6. The minimum absolute atomic E-state index is 0.0122. The van der Waals surface area contributed by atoms with E-state index in [-0.39, 0.29) is 11.9 Å². The summed E-state index contributed by atoms with van der Waals surface area (Å²) in [6.45, 7) is 6.92. The Morgan fingerprint density at radius 2 is 2.05 bits per heavy atom. The molecule has 2 aliphatic rings. The third-order valence-corrected chi connectivity index (χ3v) is 4.02. The van der Waals surface area contributed by atoms with Crippen LogP contribution >= 0.6 is 0 Å². The van der Waals surface area contributed by atoms with E-state index in [1.807, 2.05) is 6.92 Å². The molecule has 0 aromatic carbocycles. The first-order chi connectivity index (χ1) is 9.20. The topological polar surface area (TPSA) is 59.4 Å². The molecule has 1 saturated heterocycles. The van der Waals surface area contributed by atoms with E-state index in [4.69, 9.17) is 5.26 Å². The van der Waals surface area contributed by atoms with Gasteiger partial charge < -0.3 is 10.2 Å². The van der Waals surface area contributed by atoms with Crippen molar-refractivity contribution in [3.8, 4) is 6.07 Å². The van der Waals surface area contributed by atoms with Crippen LogP contribution in [-0.2, 0) is 4.79 Å². The number of unbranched alkanes of at least 4 members (excludes halogenated alkanes) is 1. The number of hydrogen-bond donors (Lipinski definition) is 1. The fourth-order valence-corrected chi connectivity index (χ4v) is 2.47. The zero-order valence-electron chi connectivity index (χ0n) is 11.8. The molecule has 1 heterocycles. The predicted octanol–water partition coefficient (Wildman–Crippen LogP) is 0.575. The van der Waals surface area contributed by atoms with Crippen molar-refractivity contribution in [1.29, 1.82) is 5.26 Å². The number of nitrogens with one attached hydrogen (secondary N) is 1. The fourth-order valence-electron chi connectivity index (χ4n) is 2.47. The molecule has 19 heavy (non-hydrogen) atoms. The van der Waals surface area contributed by atoms with Crippen LogP contribution in [0.3, 0.4) is 0 Å². The normalized spacial score (nSPS) is 22.7. The lowest BCUT2D eigenvalue weighted by Crippen LogP contribution is -2.54. The molecule has 2 fully saturated rings. The van der Waals surface area contributed by atoms with Gasteiger partial charge >= 0.3 is 0 Å². The highest BCUT2D eigenvalue weighted by atomic mass is 16.2. The molecule has 0 radical (unpaired) electrons. The van der Waals surface area contributed by atoms with Crippen molar-refractivity contribution in [2.24, 2.45) is 0 Å². The third kappa shape index (κ3) is 4.48. The van der Waals surface area contributed by atoms with Gasteiger partial charge in [0, 0.05) is 38.6 Å². The van der Waals surface area contributed by atoms with Gasteiger partial charge in [-0.2, -0.15) is 5.26 Å². The summed E-state index contributed by atoms with van der Waals surface area (Å²) in [5.74, 6) is 0.181. The summed E-state index contributed by atoms with van der Waals surface area (Å²) in [5, 5.41) is 11.6. The molecule has 1 aliphatic carbocycles. The number of amides is 1. The summed E-state index contributed by atoms with van der Waals surface area (Å²) in [6.07, 6.45) is 3.88. The van der Waals surface area contributed by atoms with Crippen molar-refractivity contribution in [1.82, 2.24) is 15.1 Å². The summed E-state index contributed by atoms with van der Waals surface area (Å²) in [6, 6.07) is 2.62. The number of hydrogen-bond acceptors (Lipinski definition) is 4. The summed E-state index contributed by atoms with van der Waals surface area (Å²) >= 11 is 0. The van der Waals surface area contributed by atoms with Gasteiger partial charge in [-0.05, 0) is 32.7 Å². The van der Waals surface area contributed by atoms with E-state index in [2.05, 4.69) is 21.2 Å². The lowest BCUT2D eigenvalue weighted by atomic mass is 10.2. The summed E-state index contributed by atoms with van der Waals surface area (Å²) < 4.78 is 0. The van der Waals surface area contributed by atoms with E-state index < -0.39 is 0 Å². The van der Waals surface area contributed by atoms with Crippen molar-refractivity contribution in [3.05, 3.63) is 0 Å². The molecule has 0 spiro atoms. The van der Waals surface area contributed by atoms with Crippen LogP contribution in [0.15, 0.2) is 0 Å².